The second kappa shape index (κ2) is 10.6. The first-order valence-corrected chi connectivity index (χ1v) is 16.7. The van der Waals surface area contributed by atoms with E-state index >= 15 is 0 Å². The molecule has 3 aliphatic rings. The maximum absolute atomic E-state index is 13.6. The van der Waals surface area contributed by atoms with Gasteiger partial charge in [0.1, 0.15) is 5.75 Å². The van der Waals surface area contributed by atoms with Crippen LogP contribution in [0.15, 0.2) is 42.5 Å². The Morgan fingerprint density at radius 3 is 2.60 bits per heavy atom. The van der Waals surface area contributed by atoms with Crippen molar-refractivity contribution >= 4 is 37.4 Å². The number of hydrogen-bond acceptors (Lipinski definition) is 7. The summed E-state index contributed by atoms with van der Waals surface area (Å²) < 4.78 is 11.8. The van der Waals surface area contributed by atoms with Gasteiger partial charge in [-0.2, -0.15) is 0 Å². The summed E-state index contributed by atoms with van der Waals surface area (Å²) in [6, 6.07) is 11.7. The number of aliphatic hydroxyl groups excluding tert-OH is 1. The Morgan fingerprint density at radius 1 is 1.23 bits per heavy atom. The molecule has 2 saturated heterocycles. The fourth-order valence-corrected chi connectivity index (χ4v) is 9.32. The van der Waals surface area contributed by atoms with Gasteiger partial charge < -0.3 is 34.9 Å². The monoisotopic (exact) mass is 567 g/mol. The van der Waals surface area contributed by atoms with E-state index in [1.807, 2.05) is 6.92 Å². The molecule has 3 aliphatic heterocycles. The molecule has 5 rings (SSSR count). The van der Waals surface area contributed by atoms with E-state index in [9.17, 15) is 24.3 Å². The zero-order valence-corrected chi connectivity index (χ0v) is 24.3. The van der Waals surface area contributed by atoms with Crippen LogP contribution in [0.3, 0.4) is 0 Å². The van der Waals surface area contributed by atoms with Gasteiger partial charge in [0.25, 0.3) is 11.8 Å². The summed E-state index contributed by atoms with van der Waals surface area (Å²) in [7, 11) is -1.37. The zero-order valence-electron chi connectivity index (χ0n) is 23.3. The highest BCUT2D eigenvalue weighted by Crippen LogP contribution is 2.58. The van der Waals surface area contributed by atoms with Gasteiger partial charge in [0.05, 0.1) is 32.3 Å². The highest BCUT2D eigenvalue weighted by molar-refractivity contribution is 6.71. The highest BCUT2D eigenvalue weighted by atomic mass is 28.4. The van der Waals surface area contributed by atoms with Crippen molar-refractivity contribution in [1.29, 1.82) is 0 Å². The summed E-state index contributed by atoms with van der Waals surface area (Å²) >= 11 is 0. The summed E-state index contributed by atoms with van der Waals surface area (Å²) in [5.74, 6) is -0.599. The molecule has 0 aliphatic carbocycles. The first-order chi connectivity index (χ1) is 19.0. The molecule has 2 aromatic rings. The van der Waals surface area contributed by atoms with E-state index < -0.39 is 31.5 Å². The normalized spacial score (nSPS) is 27.6. The maximum Gasteiger partial charge on any atom is 0.261 e. The number of fused-ring (bicyclic) bond motifs is 2. The lowest BCUT2D eigenvalue weighted by Crippen LogP contribution is -2.44. The van der Waals surface area contributed by atoms with Crippen LogP contribution < -0.4 is 15.4 Å². The molecule has 2 fully saturated rings. The van der Waals surface area contributed by atoms with E-state index in [1.54, 1.807) is 67.6 Å². The van der Waals surface area contributed by atoms with Gasteiger partial charge in [0.2, 0.25) is 5.91 Å². The number of rotatable bonds is 7. The van der Waals surface area contributed by atoms with Crippen LogP contribution >= 0.6 is 0 Å². The number of nitrogens with one attached hydrogen (secondary N) is 2. The van der Waals surface area contributed by atoms with E-state index in [0.717, 1.165) is 12.8 Å². The molecule has 0 bridgehead atoms. The molecular formula is C29H37N3O7Si. The number of methoxy groups -OCH3 is 1. The van der Waals surface area contributed by atoms with Gasteiger partial charge >= 0.3 is 0 Å². The standard InChI is InChI=1S/C29H37N3O7Si/c1-17-26(40(3,4)37)24(15-25(34)32-13-5-6-20(32)16-33)39-29(17)22-14-19(9-12-23(22)31-28(29)36)30-27(35)18-7-10-21(38-2)11-8-18/h7-12,14,17,20,24,26,33,37H,5-6,13,15-16H2,1-4H3,(H,30,35)(H,31,36)/t17-,20+,24+,26-,29+/m1/s1. The predicted octanol–water partition coefficient (Wildman–Crippen LogP) is 3.07. The zero-order chi connectivity index (χ0) is 28.8. The molecule has 5 atom stereocenters. The van der Waals surface area contributed by atoms with Crippen molar-refractivity contribution in [2.45, 2.75) is 62.6 Å². The lowest BCUT2D eigenvalue weighted by atomic mass is 9.82. The average Bonchev–Trinajstić information content (AvgIpc) is 3.59. The molecule has 10 nitrogen and oxygen atoms in total. The molecule has 11 heteroatoms. The van der Waals surface area contributed by atoms with Gasteiger partial charge in [-0.05, 0) is 68.4 Å². The Morgan fingerprint density at radius 2 is 1.95 bits per heavy atom. The SMILES string of the molecule is COc1ccc(C(=O)Nc2ccc3c(c2)[C@]2(O[C@@H](CC(=O)N4CCC[C@H]4CO)[C@H]([Si](C)(C)O)[C@H]2C)C(=O)N3)cc1. The number of carbonyl (C=O) groups is 3. The Balaban J connectivity index is 1.44. The number of aliphatic hydroxyl groups is 1. The number of hydrogen-bond donors (Lipinski definition) is 4. The van der Waals surface area contributed by atoms with Gasteiger partial charge in [0.15, 0.2) is 13.9 Å². The number of amides is 3. The molecule has 40 heavy (non-hydrogen) atoms. The van der Waals surface area contributed by atoms with Crippen LogP contribution in [0.2, 0.25) is 18.6 Å². The summed E-state index contributed by atoms with van der Waals surface area (Å²) in [6.45, 7) is 5.98. The largest absolute Gasteiger partial charge is 0.497 e. The van der Waals surface area contributed by atoms with E-state index in [2.05, 4.69) is 10.6 Å². The lowest BCUT2D eigenvalue weighted by Gasteiger charge is -2.32. The third kappa shape index (κ3) is 4.81. The van der Waals surface area contributed by atoms with Crippen molar-refractivity contribution in [3.63, 3.8) is 0 Å². The Hall–Kier alpha value is -3.25. The number of benzene rings is 2. The maximum atomic E-state index is 13.6. The minimum atomic E-state index is -2.92. The number of anilines is 2. The highest BCUT2D eigenvalue weighted by Gasteiger charge is 2.65. The molecule has 214 valence electrons. The quantitative estimate of drug-likeness (QED) is 0.378. The van der Waals surface area contributed by atoms with Crippen LogP contribution in [-0.4, -0.2) is 73.2 Å². The first-order valence-electron chi connectivity index (χ1n) is 13.7. The van der Waals surface area contributed by atoms with Gasteiger partial charge in [0, 0.05) is 40.5 Å². The number of nitrogens with zero attached hydrogens (tertiary/aromatic N) is 1. The predicted molar refractivity (Wildman–Crippen MR) is 152 cm³/mol. The van der Waals surface area contributed by atoms with Crippen LogP contribution in [0.4, 0.5) is 11.4 Å². The van der Waals surface area contributed by atoms with E-state index in [-0.39, 0.29) is 36.8 Å². The van der Waals surface area contributed by atoms with E-state index in [1.165, 1.54) is 0 Å². The molecule has 0 radical (unpaired) electrons. The van der Waals surface area contributed by atoms with Crippen molar-refractivity contribution in [2.75, 3.05) is 30.9 Å². The topological polar surface area (TPSA) is 137 Å². The minimum absolute atomic E-state index is 0.0146. The Labute approximate surface area is 234 Å². The van der Waals surface area contributed by atoms with Gasteiger partial charge in [-0.15, -0.1) is 0 Å². The fourth-order valence-electron chi connectivity index (χ4n) is 6.76. The fraction of sp³-hybridized carbons (Fsp3) is 0.483. The molecule has 0 saturated carbocycles. The smallest absolute Gasteiger partial charge is 0.261 e. The van der Waals surface area contributed by atoms with Crippen LogP contribution in [-0.2, 0) is 19.9 Å². The van der Waals surface area contributed by atoms with Crippen molar-refractivity contribution in [1.82, 2.24) is 4.90 Å². The molecule has 0 aromatic heterocycles. The molecule has 1 spiro atoms. The van der Waals surface area contributed by atoms with Crippen molar-refractivity contribution in [3.8, 4) is 5.75 Å². The minimum Gasteiger partial charge on any atom is -0.497 e. The molecule has 2 aromatic carbocycles. The summed E-state index contributed by atoms with van der Waals surface area (Å²) in [6.07, 6.45) is 0.912. The first kappa shape index (κ1) is 28.3. The van der Waals surface area contributed by atoms with Crippen LogP contribution in [0.1, 0.15) is 42.1 Å². The Kier molecular flexibility index (Phi) is 7.51. The number of ether oxygens (including phenoxy) is 2. The molecule has 4 N–H and O–H groups in total. The lowest BCUT2D eigenvalue weighted by molar-refractivity contribution is -0.148. The molecule has 0 unspecified atom stereocenters. The van der Waals surface area contributed by atoms with Gasteiger partial charge in [-0.1, -0.05) is 6.92 Å². The summed E-state index contributed by atoms with van der Waals surface area (Å²) in [5, 5.41) is 15.5. The number of likely N-dealkylation sites (tertiary alicyclic amines) is 1. The third-order valence-corrected chi connectivity index (χ3v) is 11.1. The van der Waals surface area contributed by atoms with E-state index in [4.69, 9.17) is 9.47 Å². The van der Waals surface area contributed by atoms with Gasteiger partial charge in [-0.3, -0.25) is 14.4 Å². The van der Waals surface area contributed by atoms with Crippen LogP contribution in [0, 0.1) is 5.92 Å². The Bertz CT molecular complexity index is 1310. The second-order valence-corrected chi connectivity index (χ2v) is 15.5. The van der Waals surface area contributed by atoms with Crippen molar-refractivity contribution in [2.24, 2.45) is 5.92 Å². The summed E-state index contributed by atoms with van der Waals surface area (Å²) in [5.41, 5.74) is 0.268. The summed E-state index contributed by atoms with van der Waals surface area (Å²) in [4.78, 5) is 52.9. The number of carbonyl (C=O) groups excluding carboxylic acids is 3. The van der Waals surface area contributed by atoms with Gasteiger partial charge in [-0.25, -0.2) is 0 Å². The van der Waals surface area contributed by atoms with Crippen molar-refractivity contribution < 1.29 is 33.8 Å². The average molecular weight is 568 g/mol. The van der Waals surface area contributed by atoms with Crippen molar-refractivity contribution in [3.05, 3.63) is 53.6 Å². The second-order valence-electron chi connectivity index (χ2n) is 11.5. The van der Waals surface area contributed by atoms with Crippen LogP contribution in [0.5, 0.6) is 5.75 Å². The molecule has 3 heterocycles. The molecule has 3 amide bonds. The van der Waals surface area contributed by atoms with Crippen LogP contribution in [0.25, 0.3) is 0 Å². The molecular weight excluding hydrogens is 530 g/mol. The van der Waals surface area contributed by atoms with E-state index in [0.29, 0.717) is 34.8 Å². The third-order valence-electron chi connectivity index (χ3n) is 8.63.